The first-order valence-corrected chi connectivity index (χ1v) is 8.17. The molecule has 0 unspecified atom stereocenters. The van der Waals surface area contributed by atoms with E-state index in [0.717, 1.165) is 23.4 Å². The summed E-state index contributed by atoms with van der Waals surface area (Å²) in [6.07, 6.45) is 10.3. The van der Waals surface area contributed by atoms with Gasteiger partial charge in [-0.05, 0) is 47.2 Å². The van der Waals surface area contributed by atoms with E-state index in [-0.39, 0.29) is 0 Å². The van der Waals surface area contributed by atoms with E-state index in [1.807, 2.05) is 12.1 Å². The maximum Gasteiger partial charge on any atom is 0.0891 e. The molecule has 0 atom stereocenters. The van der Waals surface area contributed by atoms with Crippen molar-refractivity contribution in [2.45, 2.75) is 20.3 Å². The van der Waals surface area contributed by atoms with Crippen molar-refractivity contribution < 1.29 is 0 Å². The van der Waals surface area contributed by atoms with Crippen LogP contribution in [0.4, 0.5) is 0 Å². The fourth-order valence-electron chi connectivity index (χ4n) is 2.44. The number of allylic oxidation sites excluding steroid dienone is 1. The van der Waals surface area contributed by atoms with Crippen LogP contribution in [0.3, 0.4) is 0 Å². The van der Waals surface area contributed by atoms with Gasteiger partial charge in [-0.3, -0.25) is 9.98 Å². The smallest absolute Gasteiger partial charge is 0.0891 e. The van der Waals surface area contributed by atoms with Crippen LogP contribution in [0, 0.1) is 5.92 Å². The Hall–Kier alpha value is -2.74. The molecular formula is C22H24N2. The van der Waals surface area contributed by atoms with E-state index in [0.29, 0.717) is 5.92 Å². The molecule has 122 valence electrons. The molecule has 0 fully saturated rings. The summed E-state index contributed by atoms with van der Waals surface area (Å²) in [5.41, 5.74) is 5.15. The quantitative estimate of drug-likeness (QED) is 0.613. The molecule has 0 aliphatic rings. The van der Waals surface area contributed by atoms with Gasteiger partial charge in [-0.2, -0.15) is 0 Å². The van der Waals surface area contributed by atoms with Crippen molar-refractivity contribution in [3.63, 3.8) is 0 Å². The molecule has 0 amide bonds. The fraction of sp³-hybridized carbons (Fsp3) is 0.182. The highest BCUT2D eigenvalue weighted by Gasteiger charge is 2.01. The van der Waals surface area contributed by atoms with Gasteiger partial charge < -0.3 is 0 Å². The number of hydrogen-bond acceptors (Lipinski definition) is 2. The number of benzene rings is 1. The topological polar surface area (TPSA) is 25.2 Å². The summed E-state index contributed by atoms with van der Waals surface area (Å²) in [4.78, 5) is 8.52. The maximum absolute atomic E-state index is 4.34. The average molecular weight is 316 g/mol. The minimum Gasteiger partial charge on any atom is -0.255 e. The first-order chi connectivity index (χ1) is 11.6. The molecule has 0 bridgehead atoms. The lowest BCUT2D eigenvalue weighted by Gasteiger charge is -2.05. The van der Waals surface area contributed by atoms with Gasteiger partial charge in [0.25, 0.3) is 0 Å². The van der Waals surface area contributed by atoms with Crippen molar-refractivity contribution in [2.24, 2.45) is 10.9 Å². The molecular weight excluding hydrogens is 292 g/mol. The van der Waals surface area contributed by atoms with E-state index >= 15 is 0 Å². The first kappa shape index (κ1) is 17.6. The first-order valence-electron chi connectivity index (χ1n) is 8.17. The standard InChI is InChI=1S/C22H24N2/c1-5-21(23-6-2)22-16-20(13-14-24-22)12-9-18-7-10-19(11-8-18)15-17(3)4/h5-14,16-17H,1-2,15H2,3-4H3/b12-9-,23-21?. The van der Waals surface area contributed by atoms with Gasteiger partial charge in [0.2, 0.25) is 0 Å². The zero-order valence-electron chi connectivity index (χ0n) is 14.4. The highest BCUT2D eigenvalue weighted by Crippen LogP contribution is 2.13. The summed E-state index contributed by atoms with van der Waals surface area (Å²) in [5.74, 6) is 0.679. The second kappa shape index (κ2) is 8.78. The maximum atomic E-state index is 4.34. The molecule has 2 aromatic rings. The van der Waals surface area contributed by atoms with Gasteiger partial charge in [0.05, 0.1) is 11.4 Å². The van der Waals surface area contributed by atoms with E-state index < -0.39 is 0 Å². The molecule has 24 heavy (non-hydrogen) atoms. The van der Waals surface area contributed by atoms with Crippen molar-refractivity contribution >= 4 is 17.9 Å². The highest BCUT2D eigenvalue weighted by molar-refractivity contribution is 6.07. The zero-order chi connectivity index (χ0) is 17.4. The number of nitrogens with zero attached hydrogens (tertiary/aromatic N) is 2. The largest absolute Gasteiger partial charge is 0.255 e. The van der Waals surface area contributed by atoms with Crippen LogP contribution in [0.1, 0.15) is 36.2 Å². The molecule has 0 aliphatic carbocycles. The molecule has 2 rings (SSSR count). The average Bonchev–Trinajstić information content (AvgIpc) is 2.59. The zero-order valence-corrected chi connectivity index (χ0v) is 14.4. The molecule has 2 heteroatoms. The predicted molar refractivity (Wildman–Crippen MR) is 105 cm³/mol. The van der Waals surface area contributed by atoms with Crippen LogP contribution in [0.2, 0.25) is 0 Å². The van der Waals surface area contributed by atoms with Gasteiger partial charge in [0.1, 0.15) is 0 Å². The number of rotatable bonds is 7. The molecule has 0 radical (unpaired) electrons. The molecule has 1 aromatic heterocycles. The minimum atomic E-state index is 0.679. The molecule has 0 N–H and O–H groups in total. The Kier molecular flexibility index (Phi) is 6.44. The van der Waals surface area contributed by atoms with Crippen LogP contribution in [-0.2, 0) is 6.42 Å². The van der Waals surface area contributed by atoms with E-state index in [4.69, 9.17) is 0 Å². The SMILES string of the molecule is C=CN=C(C=C)c1cc(/C=C\c2ccc(CC(C)C)cc2)ccn1. The second-order valence-corrected chi connectivity index (χ2v) is 6.05. The summed E-state index contributed by atoms with van der Waals surface area (Å²) in [6.45, 7) is 11.9. The molecule has 2 nitrogen and oxygen atoms in total. The number of hydrogen-bond donors (Lipinski definition) is 0. The van der Waals surface area contributed by atoms with Gasteiger partial charge >= 0.3 is 0 Å². The Labute approximate surface area is 145 Å². The number of pyridine rings is 1. The summed E-state index contributed by atoms with van der Waals surface area (Å²) < 4.78 is 0. The second-order valence-electron chi connectivity index (χ2n) is 6.05. The molecule has 0 aliphatic heterocycles. The van der Waals surface area contributed by atoms with Crippen molar-refractivity contribution in [1.82, 2.24) is 4.98 Å². The third kappa shape index (κ3) is 5.17. The Morgan fingerprint density at radius 1 is 1.08 bits per heavy atom. The lowest BCUT2D eigenvalue weighted by molar-refractivity contribution is 0.647. The van der Waals surface area contributed by atoms with E-state index in [1.165, 1.54) is 17.3 Å². The van der Waals surface area contributed by atoms with Crippen molar-refractivity contribution in [1.29, 1.82) is 0 Å². The predicted octanol–water partition coefficient (Wildman–Crippen LogP) is 5.57. The summed E-state index contributed by atoms with van der Waals surface area (Å²) in [5, 5.41) is 0. The van der Waals surface area contributed by atoms with E-state index in [9.17, 15) is 0 Å². The molecule has 0 saturated carbocycles. The molecule has 0 spiro atoms. The van der Waals surface area contributed by atoms with Gasteiger partial charge in [-0.25, -0.2) is 0 Å². The van der Waals surface area contributed by atoms with Crippen LogP contribution in [-0.4, -0.2) is 10.7 Å². The van der Waals surface area contributed by atoms with E-state index in [2.05, 4.69) is 73.4 Å². The Bertz CT molecular complexity index is 750. The Balaban J connectivity index is 2.15. The Morgan fingerprint density at radius 2 is 1.79 bits per heavy atom. The monoisotopic (exact) mass is 316 g/mol. The van der Waals surface area contributed by atoms with Crippen LogP contribution in [0.15, 0.2) is 73.0 Å². The summed E-state index contributed by atoms with van der Waals surface area (Å²) in [6, 6.07) is 12.7. The van der Waals surface area contributed by atoms with Crippen molar-refractivity contribution in [3.8, 4) is 0 Å². The van der Waals surface area contributed by atoms with Crippen LogP contribution >= 0.6 is 0 Å². The lowest BCUT2D eigenvalue weighted by atomic mass is 10.0. The third-order valence-electron chi connectivity index (χ3n) is 3.56. The van der Waals surface area contributed by atoms with Crippen LogP contribution in [0.5, 0.6) is 0 Å². The van der Waals surface area contributed by atoms with Crippen molar-refractivity contribution in [3.05, 3.63) is 90.4 Å². The van der Waals surface area contributed by atoms with Crippen LogP contribution in [0.25, 0.3) is 12.2 Å². The van der Waals surface area contributed by atoms with Gasteiger partial charge in [-0.1, -0.05) is 63.4 Å². The van der Waals surface area contributed by atoms with Gasteiger partial charge in [0, 0.05) is 12.4 Å². The summed E-state index contributed by atoms with van der Waals surface area (Å²) >= 11 is 0. The summed E-state index contributed by atoms with van der Waals surface area (Å²) in [7, 11) is 0. The lowest BCUT2D eigenvalue weighted by Crippen LogP contribution is -1.99. The number of aliphatic imine (C=N–C) groups is 1. The fourth-order valence-corrected chi connectivity index (χ4v) is 2.44. The normalized spacial score (nSPS) is 11.9. The van der Waals surface area contributed by atoms with Crippen molar-refractivity contribution in [2.75, 3.05) is 0 Å². The number of aromatic nitrogens is 1. The van der Waals surface area contributed by atoms with Gasteiger partial charge in [-0.15, -0.1) is 0 Å². The van der Waals surface area contributed by atoms with E-state index in [1.54, 1.807) is 12.3 Å². The van der Waals surface area contributed by atoms with Gasteiger partial charge in [0.15, 0.2) is 0 Å². The molecule has 1 aromatic carbocycles. The molecule has 1 heterocycles. The molecule has 0 saturated heterocycles. The third-order valence-corrected chi connectivity index (χ3v) is 3.56. The highest BCUT2D eigenvalue weighted by atomic mass is 14.8. The van der Waals surface area contributed by atoms with Crippen LogP contribution < -0.4 is 0 Å². The minimum absolute atomic E-state index is 0.679. The Morgan fingerprint density at radius 3 is 2.42 bits per heavy atom.